The summed E-state index contributed by atoms with van der Waals surface area (Å²) in [5.41, 5.74) is 6.25. The normalized spacial score (nSPS) is 10.3. The van der Waals surface area contributed by atoms with Crippen LogP contribution in [0.25, 0.3) is 0 Å². The maximum Gasteiger partial charge on any atom is 0.256 e. The van der Waals surface area contributed by atoms with E-state index >= 15 is 0 Å². The smallest absolute Gasteiger partial charge is 0.256 e. The Balaban J connectivity index is 2.40. The predicted octanol–water partition coefficient (Wildman–Crippen LogP) is 3.86. The quantitative estimate of drug-likeness (QED) is 0.697. The van der Waals surface area contributed by atoms with Crippen LogP contribution in [0.1, 0.15) is 31.1 Å². The maximum atomic E-state index is 13.9. The highest BCUT2D eigenvalue weighted by molar-refractivity contribution is 6.05. The van der Waals surface area contributed by atoms with Gasteiger partial charge in [-0.2, -0.15) is 0 Å². The molecule has 2 aromatic rings. The van der Waals surface area contributed by atoms with E-state index in [4.69, 9.17) is 19.9 Å². The van der Waals surface area contributed by atoms with Crippen LogP contribution >= 0.6 is 0 Å². The van der Waals surface area contributed by atoms with Crippen molar-refractivity contribution in [2.45, 2.75) is 20.8 Å². The van der Waals surface area contributed by atoms with Crippen molar-refractivity contribution < 1.29 is 23.4 Å². The summed E-state index contributed by atoms with van der Waals surface area (Å²) in [5, 5.41) is 2.51. The molecule has 0 aliphatic heterocycles. The van der Waals surface area contributed by atoms with Crippen LogP contribution in [0.5, 0.6) is 17.2 Å². The average molecular weight is 362 g/mol. The van der Waals surface area contributed by atoms with E-state index in [2.05, 4.69) is 5.32 Å². The lowest BCUT2D eigenvalue weighted by Crippen LogP contribution is -2.14. The van der Waals surface area contributed by atoms with Crippen LogP contribution < -0.4 is 25.3 Å². The van der Waals surface area contributed by atoms with Gasteiger partial charge in [-0.1, -0.05) is 0 Å². The van der Waals surface area contributed by atoms with E-state index in [1.54, 1.807) is 0 Å². The first-order valence-electron chi connectivity index (χ1n) is 8.42. The second kappa shape index (κ2) is 8.94. The third-order valence-corrected chi connectivity index (χ3v) is 3.41. The maximum absolute atomic E-state index is 13.9. The van der Waals surface area contributed by atoms with E-state index in [-0.39, 0.29) is 11.3 Å². The van der Waals surface area contributed by atoms with Crippen molar-refractivity contribution in [2.75, 3.05) is 30.9 Å². The van der Waals surface area contributed by atoms with Crippen LogP contribution in [-0.4, -0.2) is 25.7 Å². The van der Waals surface area contributed by atoms with E-state index < -0.39 is 11.7 Å². The summed E-state index contributed by atoms with van der Waals surface area (Å²) in [5.74, 6) is 0.118. The number of halogens is 1. The molecule has 26 heavy (non-hydrogen) atoms. The van der Waals surface area contributed by atoms with Crippen molar-refractivity contribution in [3.05, 3.63) is 41.7 Å². The van der Waals surface area contributed by atoms with E-state index in [1.165, 1.54) is 30.3 Å². The number of ether oxygens (including phenoxy) is 3. The molecule has 0 saturated carbocycles. The Kier molecular flexibility index (Phi) is 6.66. The highest BCUT2D eigenvalue weighted by Gasteiger charge is 2.19. The second-order valence-electron chi connectivity index (χ2n) is 5.29. The number of anilines is 2. The molecule has 0 aliphatic carbocycles. The van der Waals surface area contributed by atoms with Gasteiger partial charge >= 0.3 is 0 Å². The third-order valence-electron chi connectivity index (χ3n) is 3.41. The molecule has 2 aromatic carbocycles. The monoisotopic (exact) mass is 362 g/mol. The standard InChI is InChI=1S/C19H23FN2O4/c1-4-24-16-9-12(10-17(25-5-2)18(16)26-6-3)19(23)22-15-11-13(21)7-8-14(15)20/h7-11H,4-6,21H2,1-3H3,(H,22,23). The number of nitrogens with one attached hydrogen (secondary N) is 1. The summed E-state index contributed by atoms with van der Waals surface area (Å²) >= 11 is 0. The molecular formula is C19H23FN2O4. The molecule has 3 N–H and O–H groups in total. The van der Waals surface area contributed by atoms with E-state index in [9.17, 15) is 9.18 Å². The van der Waals surface area contributed by atoms with Crippen molar-refractivity contribution >= 4 is 17.3 Å². The minimum absolute atomic E-state index is 0.000181. The van der Waals surface area contributed by atoms with E-state index in [0.717, 1.165) is 0 Å². The lowest BCUT2D eigenvalue weighted by molar-refractivity contribution is 0.102. The summed E-state index contributed by atoms with van der Waals surface area (Å²) in [7, 11) is 0. The molecule has 0 heterocycles. The van der Waals surface area contributed by atoms with Crippen LogP contribution in [0.15, 0.2) is 30.3 Å². The number of amides is 1. The lowest BCUT2D eigenvalue weighted by atomic mass is 10.1. The number of benzene rings is 2. The molecule has 0 bridgehead atoms. The number of carbonyl (C=O) groups is 1. The number of carbonyl (C=O) groups excluding carboxylic acids is 1. The lowest BCUT2D eigenvalue weighted by Gasteiger charge is -2.17. The molecule has 0 fully saturated rings. The first-order chi connectivity index (χ1) is 12.5. The second-order valence-corrected chi connectivity index (χ2v) is 5.29. The van der Waals surface area contributed by atoms with Crippen molar-refractivity contribution in [1.82, 2.24) is 0 Å². The Morgan fingerprint density at radius 2 is 1.58 bits per heavy atom. The van der Waals surface area contributed by atoms with Crippen LogP contribution in [0.4, 0.5) is 15.8 Å². The molecular weight excluding hydrogens is 339 g/mol. The number of hydrogen-bond acceptors (Lipinski definition) is 5. The number of nitrogens with two attached hydrogens (primary N) is 1. The van der Waals surface area contributed by atoms with Crippen molar-refractivity contribution in [2.24, 2.45) is 0 Å². The van der Waals surface area contributed by atoms with Crippen molar-refractivity contribution in [1.29, 1.82) is 0 Å². The van der Waals surface area contributed by atoms with Gasteiger partial charge in [-0.15, -0.1) is 0 Å². The number of rotatable bonds is 8. The van der Waals surface area contributed by atoms with Gasteiger partial charge in [0.1, 0.15) is 5.82 Å². The molecule has 2 rings (SSSR count). The largest absolute Gasteiger partial charge is 0.490 e. The average Bonchev–Trinajstić information content (AvgIpc) is 2.61. The zero-order valence-electron chi connectivity index (χ0n) is 15.1. The Labute approximate surface area is 152 Å². The Hall–Kier alpha value is -2.96. The molecule has 0 aliphatic rings. The van der Waals surface area contributed by atoms with Crippen LogP contribution in [0.2, 0.25) is 0 Å². The topological polar surface area (TPSA) is 82.8 Å². The Morgan fingerprint density at radius 1 is 1.00 bits per heavy atom. The first-order valence-corrected chi connectivity index (χ1v) is 8.42. The predicted molar refractivity (Wildman–Crippen MR) is 98.7 cm³/mol. The minimum Gasteiger partial charge on any atom is -0.490 e. The molecule has 7 heteroatoms. The Morgan fingerprint density at radius 3 is 2.12 bits per heavy atom. The van der Waals surface area contributed by atoms with Crippen LogP contribution in [-0.2, 0) is 0 Å². The van der Waals surface area contributed by atoms with Crippen LogP contribution in [0.3, 0.4) is 0 Å². The van der Waals surface area contributed by atoms with Gasteiger partial charge in [0.2, 0.25) is 5.75 Å². The molecule has 6 nitrogen and oxygen atoms in total. The van der Waals surface area contributed by atoms with Gasteiger partial charge < -0.3 is 25.3 Å². The summed E-state index contributed by atoms with van der Waals surface area (Å²) in [4.78, 5) is 12.6. The van der Waals surface area contributed by atoms with Crippen molar-refractivity contribution in [3.63, 3.8) is 0 Å². The fourth-order valence-corrected chi connectivity index (χ4v) is 2.35. The highest BCUT2D eigenvalue weighted by Crippen LogP contribution is 2.39. The van der Waals surface area contributed by atoms with Gasteiger partial charge in [0.05, 0.1) is 25.5 Å². The number of nitrogen functional groups attached to an aromatic ring is 1. The SMILES string of the molecule is CCOc1cc(C(=O)Nc2cc(N)ccc2F)cc(OCC)c1OCC. The summed E-state index contributed by atoms with van der Waals surface area (Å²) < 4.78 is 30.6. The molecule has 140 valence electrons. The fourth-order valence-electron chi connectivity index (χ4n) is 2.35. The van der Waals surface area contributed by atoms with Crippen molar-refractivity contribution in [3.8, 4) is 17.2 Å². The van der Waals surface area contributed by atoms with E-state index in [0.29, 0.717) is 42.8 Å². The van der Waals surface area contributed by atoms with E-state index in [1.807, 2.05) is 20.8 Å². The molecule has 0 atom stereocenters. The first kappa shape index (κ1) is 19.4. The summed E-state index contributed by atoms with van der Waals surface area (Å²) in [6, 6.07) is 7.05. The summed E-state index contributed by atoms with van der Waals surface area (Å²) in [6.45, 7) is 6.69. The molecule has 0 aromatic heterocycles. The Bertz CT molecular complexity index is 753. The minimum atomic E-state index is -0.575. The molecule has 0 spiro atoms. The van der Waals surface area contributed by atoms with Gasteiger partial charge in [0.25, 0.3) is 5.91 Å². The van der Waals surface area contributed by atoms with Gasteiger partial charge in [-0.25, -0.2) is 4.39 Å². The zero-order valence-corrected chi connectivity index (χ0v) is 15.1. The number of hydrogen-bond donors (Lipinski definition) is 2. The molecule has 0 saturated heterocycles. The van der Waals surface area contributed by atoms with Gasteiger partial charge in [0.15, 0.2) is 11.5 Å². The van der Waals surface area contributed by atoms with Gasteiger partial charge in [-0.3, -0.25) is 4.79 Å². The molecule has 0 radical (unpaired) electrons. The third kappa shape index (κ3) is 4.56. The fraction of sp³-hybridized carbons (Fsp3) is 0.316. The zero-order chi connectivity index (χ0) is 19.1. The van der Waals surface area contributed by atoms with Gasteiger partial charge in [0, 0.05) is 11.3 Å². The molecule has 1 amide bonds. The highest BCUT2D eigenvalue weighted by atomic mass is 19.1. The molecule has 0 unspecified atom stereocenters. The summed E-state index contributed by atoms with van der Waals surface area (Å²) in [6.07, 6.45) is 0. The van der Waals surface area contributed by atoms with Gasteiger partial charge in [-0.05, 0) is 51.1 Å². The van der Waals surface area contributed by atoms with Crippen LogP contribution in [0, 0.1) is 5.82 Å².